The highest BCUT2D eigenvalue weighted by Crippen LogP contribution is 2.40. The lowest BCUT2D eigenvalue weighted by molar-refractivity contribution is -0.393. The predicted octanol–water partition coefficient (Wildman–Crippen LogP) is 5.24. The van der Waals surface area contributed by atoms with E-state index in [9.17, 15) is 25.0 Å². The van der Waals surface area contributed by atoms with Gasteiger partial charge in [-0.1, -0.05) is 6.08 Å². The zero-order valence-corrected chi connectivity index (χ0v) is 16.7. The molecule has 0 aliphatic heterocycles. The highest BCUT2D eigenvalue weighted by atomic mass is 79.9. The molecule has 150 valence electrons. The van der Waals surface area contributed by atoms with E-state index in [1.165, 1.54) is 6.92 Å². The summed E-state index contributed by atoms with van der Waals surface area (Å²) in [5, 5.41) is 35.8. The van der Waals surface area contributed by atoms with E-state index < -0.39 is 21.2 Å². The molecule has 0 fully saturated rings. The lowest BCUT2D eigenvalue weighted by Crippen LogP contribution is -2.06. The summed E-state index contributed by atoms with van der Waals surface area (Å²) >= 11 is 3.06. The van der Waals surface area contributed by atoms with Crippen molar-refractivity contribution in [1.82, 2.24) is 0 Å². The van der Waals surface area contributed by atoms with Crippen LogP contribution in [-0.4, -0.2) is 22.3 Å². The first kappa shape index (κ1) is 21.6. The van der Waals surface area contributed by atoms with Crippen LogP contribution in [-0.2, 0) is 4.79 Å². The molecule has 12 heteroatoms. The Morgan fingerprint density at radius 2 is 1.93 bits per heavy atom. The summed E-state index contributed by atoms with van der Waals surface area (Å²) in [5.41, 5.74) is 0.0255. The maximum atomic E-state index is 11.5. The Labute approximate surface area is 173 Å². The number of anilines is 2. The summed E-state index contributed by atoms with van der Waals surface area (Å²) in [6.07, 6.45) is 1.66. The topological polar surface area (TPSA) is 152 Å². The Bertz CT molecular complexity index is 1020. The normalized spacial score (nSPS) is 10.6. The number of hydrogen-bond acceptors (Lipinski definition) is 8. The molecule has 2 N–H and O–H groups in total. The van der Waals surface area contributed by atoms with Crippen molar-refractivity contribution >= 4 is 56.0 Å². The highest BCUT2D eigenvalue weighted by Gasteiger charge is 2.23. The predicted molar refractivity (Wildman–Crippen MR) is 111 cm³/mol. The van der Waals surface area contributed by atoms with Crippen molar-refractivity contribution in [2.45, 2.75) is 6.92 Å². The average molecular weight is 463 g/mol. The number of benzene rings is 2. The molecule has 0 aromatic heterocycles. The number of amides is 1. The van der Waals surface area contributed by atoms with Gasteiger partial charge in [0, 0.05) is 25.2 Å². The molecule has 2 aromatic carbocycles. The number of carbonyl (C=O) groups excluding carboxylic acids is 1. The minimum absolute atomic E-state index is 0.0347. The van der Waals surface area contributed by atoms with Gasteiger partial charge >= 0.3 is 5.69 Å². The van der Waals surface area contributed by atoms with E-state index in [1.807, 2.05) is 0 Å². The van der Waals surface area contributed by atoms with Gasteiger partial charge in [-0.25, -0.2) is 0 Å². The molecule has 0 heterocycles. The molecule has 0 saturated heterocycles. The van der Waals surface area contributed by atoms with Crippen molar-refractivity contribution in [2.75, 3.05) is 17.2 Å². The third-order valence-electron chi connectivity index (χ3n) is 3.45. The number of halogens is 1. The molecule has 0 bridgehead atoms. The summed E-state index contributed by atoms with van der Waals surface area (Å²) in [6, 6.07) is 6.76. The highest BCUT2D eigenvalue weighted by molar-refractivity contribution is 9.10. The SMILES string of the molecule is C=CCNc1ccc(N=Nc2c(Br)cc([N+](=O)[O-])cc2[N+](=O)[O-])c(NC(C)=O)c1. The van der Waals surface area contributed by atoms with Crippen LogP contribution in [0.4, 0.5) is 34.1 Å². The molecule has 0 unspecified atom stereocenters. The molecule has 0 aliphatic carbocycles. The number of nitrogens with zero attached hydrogens (tertiary/aromatic N) is 4. The Morgan fingerprint density at radius 1 is 1.21 bits per heavy atom. The summed E-state index contributed by atoms with van der Waals surface area (Å²) in [4.78, 5) is 32.2. The number of nitrogens with one attached hydrogen (secondary N) is 2. The van der Waals surface area contributed by atoms with Crippen LogP contribution in [0.2, 0.25) is 0 Å². The number of nitro benzene ring substituents is 2. The Morgan fingerprint density at radius 3 is 2.52 bits per heavy atom. The number of carbonyl (C=O) groups is 1. The summed E-state index contributed by atoms with van der Waals surface area (Å²) in [5.74, 6) is -0.343. The number of azo groups is 1. The largest absolute Gasteiger partial charge is 0.382 e. The third-order valence-corrected chi connectivity index (χ3v) is 4.06. The van der Waals surface area contributed by atoms with Crippen LogP contribution >= 0.6 is 15.9 Å². The van der Waals surface area contributed by atoms with Crippen molar-refractivity contribution in [1.29, 1.82) is 0 Å². The average Bonchev–Trinajstić information content (AvgIpc) is 2.65. The van der Waals surface area contributed by atoms with Crippen LogP contribution < -0.4 is 10.6 Å². The zero-order chi connectivity index (χ0) is 21.6. The number of nitro groups is 2. The molecule has 0 saturated carbocycles. The fourth-order valence-electron chi connectivity index (χ4n) is 2.23. The molecular formula is C17H15BrN6O5. The Balaban J connectivity index is 2.49. The van der Waals surface area contributed by atoms with Gasteiger partial charge in [0.15, 0.2) is 5.69 Å². The van der Waals surface area contributed by atoms with E-state index in [4.69, 9.17) is 0 Å². The van der Waals surface area contributed by atoms with Gasteiger partial charge in [0.2, 0.25) is 5.91 Å². The van der Waals surface area contributed by atoms with Crippen LogP contribution in [0.15, 0.2) is 57.7 Å². The summed E-state index contributed by atoms with van der Waals surface area (Å²) in [7, 11) is 0. The van der Waals surface area contributed by atoms with Crippen LogP contribution in [0.1, 0.15) is 6.92 Å². The minimum atomic E-state index is -0.789. The second-order valence-electron chi connectivity index (χ2n) is 5.59. The van der Waals surface area contributed by atoms with Crippen molar-refractivity contribution < 1.29 is 14.6 Å². The molecule has 11 nitrogen and oxygen atoms in total. The van der Waals surface area contributed by atoms with Crippen LogP contribution in [0.3, 0.4) is 0 Å². The monoisotopic (exact) mass is 462 g/mol. The van der Waals surface area contributed by atoms with Crippen molar-refractivity contribution in [3.05, 3.63) is 67.7 Å². The van der Waals surface area contributed by atoms with E-state index >= 15 is 0 Å². The molecule has 29 heavy (non-hydrogen) atoms. The van der Waals surface area contributed by atoms with E-state index in [1.54, 1.807) is 24.3 Å². The van der Waals surface area contributed by atoms with Gasteiger partial charge in [0.05, 0.1) is 26.1 Å². The lowest BCUT2D eigenvalue weighted by Gasteiger charge is -2.09. The number of non-ortho nitro benzene ring substituents is 1. The second kappa shape index (κ2) is 9.50. The van der Waals surface area contributed by atoms with E-state index in [0.29, 0.717) is 17.9 Å². The Hall–Kier alpha value is -3.67. The number of hydrogen-bond donors (Lipinski definition) is 2. The van der Waals surface area contributed by atoms with Crippen LogP contribution in [0, 0.1) is 20.2 Å². The van der Waals surface area contributed by atoms with Gasteiger partial charge in [-0.3, -0.25) is 25.0 Å². The second-order valence-corrected chi connectivity index (χ2v) is 6.45. The quantitative estimate of drug-likeness (QED) is 0.236. The first-order chi connectivity index (χ1) is 13.7. The van der Waals surface area contributed by atoms with E-state index in [0.717, 1.165) is 12.1 Å². The van der Waals surface area contributed by atoms with Gasteiger partial charge in [-0.05, 0) is 34.1 Å². The molecule has 1 amide bonds. The molecule has 2 aromatic rings. The number of rotatable bonds is 8. The van der Waals surface area contributed by atoms with Crippen molar-refractivity contribution in [3.63, 3.8) is 0 Å². The zero-order valence-electron chi connectivity index (χ0n) is 15.1. The van der Waals surface area contributed by atoms with Crippen LogP contribution in [0.25, 0.3) is 0 Å². The molecular weight excluding hydrogens is 448 g/mol. The fourth-order valence-corrected chi connectivity index (χ4v) is 2.75. The third kappa shape index (κ3) is 5.65. The van der Waals surface area contributed by atoms with Gasteiger partial charge in [-0.2, -0.15) is 0 Å². The summed E-state index contributed by atoms with van der Waals surface area (Å²) < 4.78 is 0.0347. The van der Waals surface area contributed by atoms with Gasteiger partial charge in [0.1, 0.15) is 5.69 Å². The molecule has 0 radical (unpaired) electrons. The first-order valence-electron chi connectivity index (χ1n) is 8.03. The van der Waals surface area contributed by atoms with Gasteiger partial charge < -0.3 is 10.6 Å². The van der Waals surface area contributed by atoms with Gasteiger partial charge in [0.25, 0.3) is 5.69 Å². The molecule has 0 spiro atoms. The van der Waals surface area contributed by atoms with Crippen molar-refractivity contribution in [2.24, 2.45) is 10.2 Å². The van der Waals surface area contributed by atoms with E-state index in [2.05, 4.69) is 43.4 Å². The molecule has 0 atom stereocenters. The maximum absolute atomic E-state index is 11.5. The maximum Gasteiger partial charge on any atom is 0.304 e. The Kier molecular flexibility index (Phi) is 7.09. The lowest BCUT2D eigenvalue weighted by atomic mass is 10.2. The first-order valence-corrected chi connectivity index (χ1v) is 8.82. The van der Waals surface area contributed by atoms with E-state index in [-0.39, 0.29) is 21.8 Å². The smallest absolute Gasteiger partial charge is 0.304 e. The summed E-state index contributed by atoms with van der Waals surface area (Å²) in [6.45, 7) is 5.43. The fraction of sp³-hybridized carbons (Fsp3) is 0.118. The van der Waals surface area contributed by atoms with Crippen LogP contribution in [0.5, 0.6) is 0 Å². The van der Waals surface area contributed by atoms with Gasteiger partial charge in [-0.15, -0.1) is 16.8 Å². The van der Waals surface area contributed by atoms with Crippen molar-refractivity contribution in [3.8, 4) is 0 Å². The molecule has 0 aliphatic rings. The standard InChI is InChI=1S/C17H15BrN6O5/c1-3-6-19-11-4-5-14(15(7-11)20-10(2)25)21-22-17-13(18)8-12(23(26)27)9-16(17)24(28)29/h3-5,7-9,19H,1,6H2,2H3,(H,20,25). The molecule has 2 rings (SSSR count). The minimum Gasteiger partial charge on any atom is -0.382 e.